The van der Waals surface area contributed by atoms with Crippen LogP contribution in [0.4, 0.5) is 0 Å². The predicted octanol–water partition coefficient (Wildman–Crippen LogP) is 3.17. The quantitative estimate of drug-likeness (QED) is 0.819. The van der Waals surface area contributed by atoms with E-state index >= 15 is 0 Å². The second kappa shape index (κ2) is 7.97. The van der Waals surface area contributed by atoms with Crippen molar-refractivity contribution in [3.05, 3.63) is 65.7 Å². The number of amides is 1. The van der Waals surface area contributed by atoms with Crippen molar-refractivity contribution in [1.82, 2.24) is 4.90 Å². The molecule has 3 rings (SSSR count). The predicted molar refractivity (Wildman–Crippen MR) is 93.4 cm³/mol. The van der Waals surface area contributed by atoms with Crippen molar-refractivity contribution < 1.29 is 14.3 Å². The van der Waals surface area contributed by atoms with Crippen molar-refractivity contribution in [1.29, 1.82) is 0 Å². The maximum Gasteiger partial charge on any atom is 0.257 e. The molecule has 1 heterocycles. The molecule has 1 fully saturated rings. The number of likely N-dealkylation sites (tertiary alicyclic amines) is 1. The van der Waals surface area contributed by atoms with Gasteiger partial charge in [0.15, 0.2) is 0 Å². The van der Waals surface area contributed by atoms with Gasteiger partial charge in [0.25, 0.3) is 5.91 Å². The summed E-state index contributed by atoms with van der Waals surface area (Å²) in [6.07, 6.45) is 1.85. The molecule has 2 aromatic carbocycles. The number of methoxy groups -OCH3 is 1. The Kier molecular flexibility index (Phi) is 5.49. The van der Waals surface area contributed by atoms with Crippen LogP contribution in [0.3, 0.4) is 0 Å². The molecule has 2 aromatic rings. The molecule has 0 N–H and O–H groups in total. The van der Waals surface area contributed by atoms with E-state index < -0.39 is 0 Å². The fraction of sp³-hybridized carbons (Fsp3) is 0.350. The smallest absolute Gasteiger partial charge is 0.257 e. The molecule has 0 saturated carbocycles. The van der Waals surface area contributed by atoms with Crippen LogP contribution in [0.2, 0.25) is 0 Å². The van der Waals surface area contributed by atoms with Crippen molar-refractivity contribution in [3.63, 3.8) is 0 Å². The maximum atomic E-state index is 12.8. The van der Waals surface area contributed by atoms with Gasteiger partial charge < -0.3 is 14.4 Å². The lowest BCUT2D eigenvalue weighted by Gasteiger charge is -2.18. The van der Waals surface area contributed by atoms with Gasteiger partial charge in [-0.05, 0) is 24.1 Å². The van der Waals surface area contributed by atoms with Crippen LogP contribution in [-0.2, 0) is 11.2 Å². The maximum absolute atomic E-state index is 12.8. The standard InChI is InChI=1S/C20H23NO3/c1-23-17-11-13-21(15-17)20(22)18-9-5-6-10-19(18)24-14-12-16-7-3-2-4-8-16/h2-10,17H,11-15H2,1H3. The lowest BCUT2D eigenvalue weighted by molar-refractivity contribution is 0.0720. The Morgan fingerprint density at radius 2 is 1.88 bits per heavy atom. The van der Waals surface area contributed by atoms with E-state index in [1.54, 1.807) is 7.11 Å². The molecule has 0 aromatic heterocycles. The second-order valence-corrected chi connectivity index (χ2v) is 5.98. The fourth-order valence-corrected chi connectivity index (χ4v) is 2.97. The Balaban J connectivity index is 1.63. The number of nitrogens with zero attached hydrogens (tertiary/aromatic N) is 1. The summed E-state index contributed by atoms with van der Waals surface area (Å²) in [5.74, 6) is 0.671. The van der Waals surface area contributed by atoms with E-state index in [1.165, 1.54) is 5.56 Å². The van der Waals surface area contributed by atoms with E-state index in [9.17, 15) is 4.79 Å². The summed E-state index contributed by atoms with van der Waals surface area (Å²) in [5.41, 5.74) is 1.85. The van der Waals surface area contributed by atoms with Crippen LogP contribution >= 0.6 is 0 Å². The van der Waals surface area contributed by atoms with E-state index in [2.05, 4.69) is 12.1 Å². The monoisotopic (exact) mass is 325 g/mol. The molecule has 1 aliphatic heterocycles. The van der Waals surface area contributed by atoms with Crippen LogP contribution in [0.25, 0.3) is 0 Å². The Morgan fingerprint density at radius 1 is 1.12 bits per heavy atom. The molecule has 1 amide bonds. The van der Waals surface area contributed by atoms with E-state index in [0.717, 1.165) is 19.4 Å². The van der Waals surface area contributed by atoms with Gasteiger partial charge in [-0.15, -0.1) is 0 Å². The van der Waals surface area contributed by atoms with Gasteiger partial charge in [-0.25, -0.2) is 0 Å². The number of ether oxygens (including phenoxy) is 2. The summed E-state index contributed by atoms with van der Waals surface area (Å²) in [6.45, 7) is 1.93. The van der Waals surface area contributed by atoms with Crippen LogP contribution < -0.4 is 4.74 Å². The summed E-state index contributed by atoms with van der Waals surface area (Å²) >= 11 is 0. The molecule has 0 bridgehead atoms. The first kappa shape index (κ1) is 16.5. The summed E-state index contributed by atoms with van der Waals surface area (Å²) in [7, 11) is 1.69. The normalized spacial score (nSPS) is 17.0. The highest BCUT2D eigenvalue weighted by atomic mass is 16.5. The number of carbonyl (C=O) groups excluding carboxylic acids is 1. The molecule has 1 unspecified atom stereocenters. The van der Waals surface area contributed by atoms with E-state index in [-0.39, 0.29) is 12.0 Å². The van der Waals surface area contributed by atoms with Gasteiger partial charge >= 0.3 is 0 Å². The van der Waals surface area contributed by atoms with E-state index in [1.807, 2.05) is 47.4 Å². The molecule has 0 radical (unpaired) electrons. The third-order valence-corrected chi connectivity index (χ3v) is 4.37. The number of rotatable bonds is 6. The molecule has 24 heavy (non-hydrogen) atoms. The molecular weight excluding hydrogens is 302 g/mol. The summed E-state index contributed by atoms with van der Waals surface area (Å²) in [5, 5.41) is 0. The number of hydrogen-bond acceptors (Lipinski definition) is 3. The Morgan fingerprint density at radius 3 is 2.62 bits per heavy atom. The highest BCUT2D eigenvalue weighted by molar-refractivity contribution is 5.97. The Bertz CT molecular complexity index is 672. The van der Waals surface area contributed by atoms with Crippen molar-refractivity contribution in [2.24, 2.45) is 0 Å². The highest BCUT2D eigenvalue weighted by Crippen LogP contribution is 2.23. The zero-order valence-corrected chi connectivity index (χ0v) is 14.0. The minimum absolute atomic E-state index is 0.0184. The summed E-state index contributed by atoms with van der Waals surface area (Å²) in [6, 6.07) is 17.7. The van der Waals surface area contributed by atoms with Crippen LogP contribution in [0, 0.1) is 0 Å². The first-order valence-corrected chi connectivity index (χ1v) is 8.36. The zero-order chi connectivity index (χ0) is 16.8. The molecule has 1 atom stereocenters. The minimum atomic E-state index is 0.0184. The van der Waals surface area contributed by atoms with Gasteiger partial charge in [0.2, 0.25) is 0 Å². The van der Waals surface area contributed by atoms with Gasteiger partial charge in [-0.1, -0.05) is 42.5 Å². The van der Waals surface area contributed by atoms with E-state index in [0.29, 0.717) is 24.5 Å². The molecule has 126 valence electrons. The van der Waals surface area contributed by atoms with Gasteiger partial charge in [-0.2, -0.15) is 0 Å². The molecular formula is C20H23NO3. The third kappa shape index (κ3) is 3.95. The van der Waals surface area contributed by atoms with E-state index in [4.69, 9.17) is 9.47 Å². The fourth-order valence-electron chi connectivity index (χ4n) is 2.97. The second-order valence-electron chi connectivity index (χ2n) is 5.98. The summed E-state index contributed by atoms with van der Waals surface area (Å²) < 4.78 is 11.2. The molecule has 0 spiro atoms. The van der Waals surface area contributed by atoms with Gasteiger partial charge in [0, 0.05) is 26.6 Å². The molecule has 4 heteroatoms. The van der Waals surface area contributed by atoms with Crippen molar-refractivity contribution in [3.8, 4) is 5.75 Å². The van der Waals surface area contributed by atoms with Crippen molar-refractivity contribution in [2.75, 3.05) is 26.8 Å². The number of hydrogen-bond donors (Lipinski definition) is 0. The largest absolute Gasteiger partial charge is 0.492 e. The van der Waals surface area contributed by atoms with Gasteiger partial charge in [-0.3, -0.25) is 4.79 Å². The summed E-state index contributed by atoms with van der Waals surface area (Å²) in [4.78, 5) is 14.6. The van der Waals surface area contributed by atoms with Gasteiger partial charge in [0.05, 0.1) is 18.3 Å². The highest BCUT2D eigenvalue weighted by Gasteiger charge is 2.28. The Labute approximate surface area is 143 Å². The number of benzene rings is 2. The lowest BCUT2D eigenvalue weighted by atomic mass is 10.1. The number of carbonyl (C=O) groups is 1. The van der Waals surface area contributed by atoms with Crippen LogP contribution in [0.1, 0.15) is 22.3 Å². The molecule has 1 saturated heterocycles. The van der Waals surface area contributed by atoms with Crippen LogP contribution in [-0.4, -0.2) is 43.7 Å². The lowest BCUT2D eigenvalue weighted by Crippen LogP contribution is -2.30. The first-order chi connectivity index (χ1) is 11.8. The molecule has 4 nitrogen and oxygen atoms in total. The topological polar surface area (TPSA) is 38.8 Å². The zero-order valence-electron chi connectivity index (χ0n) is 14.0. The SMILES string of the molecule is COC1CCN(C(=O)c2ccccc2OCCc2ccccc2)C1. The first-order valence-electron chi connectivity index (χ1n) is 8.36. The number of para-hydroxylation sites is 1. The Hall–Kier alpha value is -2.33. The average Bonchev–Trinajstić information content (AvgIpc) is 3.12. The van der Waals surface area contributed by atoms with Crippen LogP contribution in [0.5, 0.6) is 5.75 Å². The van der Waals surface area contributed by atoms with Crippen LogP contribution in [0.15, 0.2) is 54.6 Å². The average molecular weight is 325 g/mol. The minimum Gasteiger partial charge on any atom is -0.492 e. The van der Waals surface area contributed by atoms with Gasteiger partial charge in [0.1, 0.15) is 5.75 Å². The molecule has 1 aliphatic rings. The van der Waals surface area contributed by atoms with Crippen molar-refractivity contribution >= 4 is 5.91 Å². The molecule has 0 aliphatic carbocycles. The third-order valence-electron chi connectivity index (χ3n) is 4.37. The van der Waals surface area contributed by atoms with Crippen molar-refractivity contribution in [2.45, 2.75) is 18.9 Å².